The second-order valence-corrected chi connectivity index (χ2v) is 14.0. The Morgan fingerprint density at radius 2 is 0.886 bits per heavy atom. The van der Waals surface area contributed by atoms with Crippen LogP contribution in [0.4, 0.5) is 0 Å². The van der Waals surface area contributed by atoms with Gasteiger partial charge in [-0.2, -0.15) is 0 Å². The highest BCUT2D eigenvalue weighted by atomic mass is 31.3. The second-order valence-electron chi connectivity index (χ2n) is 6.96. The third-order valence-corrected chi connectivity index (χ3v) is 13.6. The van der Waals surface area contributed by atoms with E-state index in [1.807, 2.05) is 0 Å². The summed E-state index contributed by atoms with van der Waals surface area (Å²) in [6, 6.07) is 20.6. The number of para-hydroxylation sites is 3. The SMILES string of the molecule is O=COCC(P(=O)(O)Oc1ccccc1)(P(=O)(O)Oc1ccccc1)P(=O)(O)Oc1ccccc1. The van der Waals surface area contributed by atoms with Crippen LogP contribution in [0.5, 0.6) is 17.2 Å². The van der Waals surface area contributed by atoms with Crippen molar-refractivity contribution < 1.29 is 51.5 Å². The molecule has 11 nitrogen and oxygen atoms in total. The normalized spacial score (nSPS) is 17.9. The van der Waals surface area contributed by atoms with Gasteiger partial charge in [0, 0.05) is 0 Å². The molecule has 0 aromatic heterocycles. The zero-order valence-corrected chi connectivity index (χ0v) is 20.6. The van der Waals surface area contributed by atoms with Crippen LogP contribution in [0, 0.1) is 0 Å². The average Bonchev–Trinajstić information content (AvgIpc) is 2.80. The number of rotatable bonds is 12. The van der Waals surface area contributed by atoms with Gasteiger partial charge in [0.1, 0.15) is 23.9 Å². The molecule has 3 rings (SSSR count). The molecule has 0 radical (unpaired) electrons. The van der Waals surface area contributed by atoms with E-state index in [1.165, 1.54) is 72.8 Å². The summed E-state index contributed by atoms with van der Waals surface area (Å²) >= 11 is 0. The molecule has 0 amide bonds. The van der Waals surface area contributed by atoms with Crippen molar-refractivity contribution in [1.82, 2.24) is 0 Å². The van der Waals surface area contributed by atoms with Crippen LogP contribution in [0.2, 0.25) is 0 Å². The van der Waals surface area contributed by atoms with Gasteiger partial charge in [0.15, 0.2) is 0 Å². The Kier molecular flexibility index (Phi) is 8.23. The lowest BCUT2D eigenvalue weighted by Gasteiger charge is -2.38. The Bertz CT molecular complexity index is 1120. The maximum Gasteiger partial charge on any atom is 0.413 e. The van der Waals surface area contributed by atoms with Gasteiger partial charge >= 0.3 is 27.4 Å². The molecule has 0 aliphatic heterocycles. The summed E-state index contributed by atoms with van der Waals surface area (Å²) in [5.41, 5.74) is 0. The molecule has 3 N–H and O–H groups in total. The number of ether oxygens (including phenoxy) is 1. The Morgan fingerprint density at radius 3 is 1.14 bits per heavy atom. The summed E-state index contributed by atoms with van der Waals surface area (Å²) in [6.45, 7) is -1.78. The van der Waals surface area contributed by atoms with E-state index in [9.17, 15) is 33.2 Å². The maximum atomic E-state index is 13.7. The summed E-state index contributed by atoms with van der Waals surface area (Å²) in [5, 5.41) is 0. The van der Waals surface area contributed by atoms with Crippen LogP contribution in [-0.2, 0) is 23.2 Å². The minimum Gasteiger partial charge on any atom is -0.465 e. The Hall–Kier alpha value is -2.90. The van der Waals surface area contributed by atoms with E-state index < -0.39 is 34.0 Å². The van der Waals surface area contributed by atoms with Gasteiger partial charge in [-0.25, -0.2) is 13.7 Å². The van der Waals surface area contributed by atoms with Gasteiger partial charge in [0.25, 0.3) is 6.47 Å². The summed E-state index contributed by atoms with van der Waals surface area (Å²) in [5.74, 6) is -0.852. The molecular weight excluding hydrogens is 521 g/mol. The fraction of sp³-hybridized carbons (Fsp3) is 0.0952. The van der Waals surface area contributed by atoms with E-state index in [0.29, 0.717) is 0 Å². The van der Waals surface area contributed by atoms with Crippen molar-refractivity contribution in [2.45, 2.75) is 4.64 Å². The topological polar surface area (TPSA) is 166 Å². The first-order valence-electron chi connectivity index (χ1n) is 9.82. The molecule has 35 heavy (non-hydrogen) atoms. The zero-order valence-electron chi connectivity index (χ0n) is 17.9. The maximum absolute atomic E-state index is 13.7. The van der Waals surface area contributed by atoms with E-state index in [-0.39, 0.29) is 23.7 Å². The van der Waals surface area contributed by atoms with Crippen molar-refractivity contribution in [3.05, 3.63) is 91.0 Å². The third kappa shape index (κ3) is 5.68. The first-order chi connectivity index (χ1) is 16.5. The fourth-order valence-electron chi connectivity index (χ4n) is 2.96. The number of hydrogen-bond donors (Lipinski definition) is 3. The number of benzene rings is 3. The first-order valence-corrected chi connectivity index (χ1v) is 14.6. The monoisotopic (exact) mass is 542 g/mol. The molecular formula is C21H21O11P3. The van der Waals surface area contributed by atoms with Gasteiger partial charge in [-0.3, -0.25) is 4.79 Å². The second kappa shape index (κ2) is 10.8. The molecule has 0 fully saturated rings. The van der Waals surface area contributed by atoms with Crippen LogP contribution >= 0.6 is 22.8 Å². The molecule has 3 aromatic rings. The summed E-state index contributed by atoms with van der Waals surface area (Å²) in [6.07, 6.45) is 0. The fourth-order valence-corrected chi connectivity index (χ4v) is 9.90. The van der Waals surface area contributed by atoms with Gasteiger partial charge in [0.05, 0.1) is 0 Å². The van der Waals surface area contributed by atoms with E-state index in [4.69, 9.17) is 13.6 Å². The highest BCUT2D eigenvalue weighted by Gasteiger charge is 2.78. The summed E-state index contributed by atoms with van der Waals surface area (Å²) in [4.78, 5) is 44.2. The van der Waals surface area contributed by atoms with Crippen molar-refractivity contribution in [2.75, 3.05) is 6.61 Å². The van der Waals surface area contributed by atoms with E-state index >= 15 is 0 Å². The van der Waals surface area contributed by atoms with Crippen LogP contribution in [0.3, 0.4) is 0 Å². The molecule has 3 atom stereocenters. The minimum atomic E-state index is -5.76. The van der Waals surface area contributed by atoms with Gasteiger partial charge in [0.2, 0.25) is 0 Å². The lowest BCUT2D eigenvalue weighted by molar-refractivity contribution is -0.128. The van der Waals surface area contributed by atoms with E-state index in [0.717, 1.165) is 0 Å². The molecule has 0 spiro atoms. The highest BCUT2D eigenvalue weighted by Crippen LogP contribution is 2.85. The van der Waals surface area contributed by atoms with Gasteiger partial charge in [-0.05, 0) is 36.4 Å². The zero-order chi connectivity index (χ0) is 25.6. The third-order valence-electron chi connectivity index (χ3n) is 4.62. The van der Waals surface area contributed by atoms with Gasteiger partial charge < -0.3 is 33.0 Å². The standard InChI is InChI=1S/C21H21O11P3/c22-17-29-16-21(33(23,24)30-18-10-4-1-5-11-18,34(25,26)31-19-12-6-2-7-13-19)35(27,28)32-20-14-8-3-9-15-20/h1-15,17H,16H2,(H,23,24)(H,25,26)(H,27,28). The van der Waals surface area contributed by atoms with Crippen LogP contribution in [0.15, 0.2) is 91.0 Å². The largest absolute Gasteiger partial charge is 0.465 e. The van der Waals surface area contributed by atoms with Gasteiger partial charge in [-0.1, -0.05) is 54.6 Å². The molecule has 0 saturated heterocycles. The van der Waals surface area contributed by atoms with Crippen LogP contribution in [0.25, 0.3) is 0 Å². The molecule has 3 aromatic carbocycles. The van der Waals surface area contributed by atoms with Crippen molar-refractivity contribution in [3.63, 3.8) is 0 Å². The minimum absolute atomic E-state index is 0.234. The molecule has 3 unspecified atom stereocenters. The van der Waals surface area contributed by atoms with Crippen molar-refractivity contribution in [1.29, 1.82) is 0 Å². The van der Waals surface area contributed by atoms with Crippen LogP contribution in [0.1, 0.15) is 0 Å². The Morgan fingerprint density at radius 1 is 0.600 bits per heavy atom. The molecule has 0 aliphatic rings. The Balaban J connectivity index is 2.23. The average molecular weight is 542 g/mol. The first kappa shape index (κ1) is 26.7. The number of carbonyl (C=O) groups is 1. The van der Waals surface area contributed by atoms with Crippen molar-refractivity contribution in [3.8, 4) is 17.2 Å². The molecule has 0 saturated carbocycles. The molecule has 14 heteroatoms. The molecule has 0 heterocycles. The Labute approximate surface area is 200 Å². The highest BCUT2D eigenvalue weighted by molar-refractivity contribution is 7.90. The van der Waals surface area contributed by atoms with Gasteiger partial charge in [-0.15, -0.1) is 0 Å². The smallest absolute Gasteiger partial charge is 0.413 e. The van der Waals surface area contributed by atoms with Crippen molar-refractivity contribution in [2.24, 2.45) is 0 Å². The quantitative estimate of drug-likeness (QED) is 0.216. The number of hydrogen-bond acceptors (Lipinski definition) is 8. The predicted octanol–water partition coefficient (Wildman–Crippen LogP) is 4.61. The lowest BCUT2D eigenvalue weighted by Crippen LogP contribution is -2.39. The predicted molar refractivity (Wildman–Crippen MR) is 125 cm³/mol. The van der Waals surface area contributed by atoms with Crippen LogP contribution < -0.4 is 13.6 Å². The molecule has 0 bridgehead atoms. The molecule has 186 valence electrons. The van der Waals surface area contributed by atoms with E-state index in [2.05, 4.69) is 4.74 Å². The summed E-state index contributed by atoms with van der Waals surface area (Å²) < 4.78 is 57.3. The number of carbonyl (C=O) groups excluding carboxylic acids is 1. The molecule has 0 aliphatic carbocycles. The lowest BCUT2D eigenvalue weighted by atomic mass is 10.3. The summed E-state index contributed by atoms with van der Waals surface area (Å²) in [7, 11) is -17.3. The van der Waals surface area contributed by atoms with E-state index in [1.54, 1.807) is 18.2 Å². The van der Waals surface area contributed by atoms with Crippen LogP contribution in [-0.4, -0.2) is 32.4 Å². The van der Waals surface area contributed by atoms with Crippen molar-refractivity contribution >= 4 is 29.3 Å².